The third-order valence-corrected chi connectivity index (χ3v) is 3.32. The monoisotopic (exact) mass is 266 g/mol. The van der Waals surface area contributed by atoms with Crippen LogP contribution in [-0.2, 0) is 11.8 Å². The summed E-state index contributed by atoms with van der Waals surface area (Å²) in [5.41, 5.74) is 1.96. The Morgan fingerprint density at radius 1 is 1.44 bits per heavy atom. The van der Waals surface area contributed by atoms with Crippen LogP contribution in [0.5, 0.6) is 0 Å². The average Bonchev–Trinajstić information content (AvgIpc) is 2.96. The lowest BCUT2D eigenvalue weighted by Crippen LogP contribution is -2.19. The first-order valence-electron chi connectivity index (χ1n) is 6.10. The molecule has 0 saturated carbocycles. The standard InChI is InChI=1S/C12H15ClN4O/c1-16-8-9(7-14-16)10-6-11(13)15-17(10)12-4-2-3-5-18-12/h6-8,12H,2-5H2,1H3. The first-order valence-corrected chi connectivity index (χ1v) is 6.47. The second kappa shape index (κ2) is 4.74. The topological polar surface area (TPSA) is 44.9 Å². The molecule has 2 aromatic rings. The van der Waals surface area contributed by atoms with Crippen LogP contribution in [0, 0.1) is 0 Å². The summed E-state index contributed by atoms with van der Waals surface area (Å²) < 4.78 is 9.40. The van der Waals surface area contributed by atoms with Crippen LogP contribution in [0.4, 0.5) is 0 Å². The van der Waals surface area contributed by atoms with Crippen molar-refractivity contribution < 1.29 is 4.74 Å². The Labute approximate surface area is 110 Å². The molecule has 5 nitrogen and oxygen atoms in total. The van der Waals surface area contributed by atoms with Gasteiger partial charge in [-0.3, -0.25) is 4.68 Å². The zero-order valence-corrected chi connectivity index (χ0v) is 11.0. The van der Waals surface area contributed by atoms with E-state index in [1.807, 2.05) is 30.2 Å². The van der Waals surface area contributed by atoms with Crippen LogP contribution in [0.15, 0.2) is 18.5 Å². The first-order chi connectivity index (χ1) is 8.74. The predicted octanol–water partition coefficient (Wildman–Crippen LogP) is 2.64. The number of halogens is 1. The van der Waals surface area contributed by atoms with Gasteiger partial charge in [0.15, 0.2) is 11.4 Å². The summed E-state index contributed by atoms with van der Waals surface area (Å²) >= 11 is 6.03. The third kappa shape index (κ3) is 2.15. The maximum atomic E-state index is 6.03. The van der Waals surface area contributed by atoms with Crippen molar-refractivity contribution in [1.29, 1.82) is 0 Å². The van der Waals surface area contributed by atoms with Crippen molar-refractivity contribution in [2.75, 3.05) is 6.61 Å². The Balaban J connectivity index is 1.98. The lowest BCUT2D eigenvalue weighted by Gasteiger charge is -2.24. The van der Waals surface area contributed by atoms with Gasteiger partial charge in [-0.05, 0) is 19.3 Å². The zero-order valence-electron chi connectivity index (χ0n) is 10.2. The van der Waals surface area contributed by atoms with E-state index in [4.69, 9.17) is 16.3 Å². The molecule has 0 N–H and O–H groups in total. The van der Waals surface area contributed by atoms with Gasteiger partial charge in [0.25, 0.3) is 0 Å². The Bertz CT molecular complexity index is 542. The summed E-state index contributed by atoms with van der Waals surface area (Å²) in [6.45, 7) is 0.786. The Morgan fingerprint density at radius 3 is 3.00 bits per heavy atom. The van der Waals surface area contributed by atoms with Crippen LogP contribution >= 0.6 is 11.6 Å². The molecule has 0 aliphatic carbocycles. The van der Waals surface area contributed by atoms with Gasteiger partial charge in [0.2, 0.25) is 0 Å². The molecule has 1 fully saturated rings. The average molecular weight is 267 g/mol. The number of hydrogen-bond donors (Lipinski definition) is 0. The summed E-state index contributed by atoms with van der Waals surface area (Å²) in [4.78, 5) is 0. The van der Waals surface area contributed by atoms with Crippen molar-refractivity contribution in [2.24, 2.45) is 7.05 Å². The molecule has 0 aromatic carbocycles. The molecular formula is C12H15ClN4O. The van der Waals surface area contributed by atoms with Gasteiger partial charge in [-0.1, -0.05) is 11.6 Å². The van der Waals surface area contributed by atoms with E-state index in [2.05, 4.69) is 10.2 Å². The molecule has 1 atom stereocenters. The van der Waals surface area contributed by atoms with E-state index in [0.29, 0.717) is 5.15 Å². The largest absolute Gasteiger partial charge is 0.356 e. The molecule has 96 valence electrons. The Morgan fingerprint density at radius 2 is 2.33 bits per heavy atom. The van der Waals surface area contributed by atoms with Crippen molar-refractivity contribution >= 4 is 11.6 Å². The van der Waals surface area contributed by atoms with E-state index >= 15 is 0 Å². The molecular weight excluding hydrogens is 252 g/mol. The van der Waals surface area contributed by atoms with Crippen LogP contribution in [-0.4, -0.2) is 26.2 Å². The van der Waals surface area contributed by atoms with Crippen molar-refractivity contribution in [3.63, 3.8) is 0 Å². The van der Waals surface area contributed by atoms with Crippen LogP contribution in [0.3, 0.4) is 0 Å². The highest BCUT2D eigenvalue weighted by molar-refractivity contribution is 6.29. The number of aryl methyl sites for hydroxylation is 1. The summed E-state index contributed by atoms with van der Waals surface area (Å²) in [6, 6.07) is 1.86. The highest BCUT2D eigenvalue weighted by atomic mass is 35.5. The maximum absolute atomic E-state index is 6.03. The fraction of sp³-hybridized carbons (Fsp3) is 0.500. The predicted molar refractivity (Wildman–Crippen MR) is 68.3 cm³/mol. The second-order valence-electron chi connectivity index (χ2n) is 4.52. The van der Waals surface area contributed by atoms with Gasteiger partial charge in [-0.2, -0.15) is 10.2 Å². The highest BCUT2D eigenvalue weighted by Crippen LogP contribution is 2.30. The molecule has 0 spiro atoms. The number of hydrogen-bond acceptors (Lipinski definition) is 3. The maximum Gasteiger partial charge on any atom is 0.151 e. The molecule has 1 aliphatic rings. The van der Waals surface area contributed by atoms with Gasteiger partial charge in [-0.25, -0.2) is 4.68 Å². The summed E-state index contributed by atoms with van der Waals surface area (Å²) in [6.07, 6.45) is 7.01. The van der Waals surface area contributed by atoms with Gasteiger partial charge >= 0.3 is 0 Å². The lowest BCUT2D eigenvalue weighted by atomic mass is 10.2. The molecule has 1 saturated heterocycles. The first kappa shape index (κ1) is 11.7. The molecule has 18 heavy (non-hydrogen) atoms. The van der Waals surface area contributed by atoms with Gasteiger partial charge in [0.1, 0.15) is 0 Å². The lowest BCUT2D eigenvalue weighted by molar-refractivity contribution is -0.0383. The van der Waals surface area contributed by atoms with E-state index in [0.717, 1.165) is 37.1 Å². The number of nitrogens with zero attached hydrogens (tertiary/aromatic N) is 4. The van der Waals surface area contributed by atoms with E-state index in [-0.39, 0.29) is 6.23 Å². The fourth-order valence-corrected chi connectivity index (χ4v) is 2.45. The SMILES string of the molecule is Cn1cc(-c2cc(Cl)nn2C2CCCCO2)cn1. The minimum absolute atomic E-state index is 0.0125. The molecule has 2 aromatic heterocycles. The number of rotatable bonds is 2. The van der Waals surface area contributed by atoms with E-state index in [9.17, 15) is 0 Å². The quantitative estimate of drug-likeness (QED) is 0.839. The van der Waals surface area contributed by atoms with E-state index in [1.54, 1.807) is 4.68 Å². The molecule has 0 bridgehead atoms. The van der Waals surface area contributed by atoms with E-state index in [1.165, 1.54) is 0 Å². The normalized spacial score (nSPS) is 20.2. The van der Waals surface area contributed by atoms with Crippen LogP contribution in [0.2, 0.25) is 5.15 Å². The molecule has 3 heterocycles. The Kier molecular flexibility index (Phi) is 3.09. The fourth-order valence-electron chi connectivity index (χ4n) is 2.27. The smallest absolute Gasteiger partial charge is 0.151 e. The number of aromatic nitrogens is 4. The van der Waals surface area contributed by atoms with Crippen LogP contribution in [0.1, 0.15) is 25.5 Å². The van der Waals surface area contributed by atoms with Crippen molar-refractivity contribution in [3.8, 4) is 11.3 Å². The summed E-state index contributed by atoms with van der Waals surface area (Å²) in [5.74, 6) is 0. The van der Waals surface area contributed by atoms with Gasteiger partial charge < -0.3 is 4.74 Å². The molecule has 0 radical (unpaired) electrons. The van der Waals surface area contributed by atoms with E-state index < -0.39 is 0 Å². The van der Waals surface area contributed by atoms with Gasteiger partial charge in [0.05, 0.1) is 11.9 Å². The third-order valence-electron chi connectivity index (χ3n) is 3.13. The molecule has 0 amide bonds. The van der Waals surface area contributed by atoms with Crippen molar-refractivity contribution in [3.05, 3.63) is 23.6 Å². The number of ether oxygens (including phenoxy) is 1. The molecule has 1 aliphatic heterocycles. The minimum Gasteiger partial charge on any atom is -0.356 e. The van der Waals surface area contributed by atoms with Crippen molar-refractivity contribution in [2.45, 2.75) is 25.5 Å². The summed E-state index contributed by atoms with van der Waals surface area (Å²) in [7, 11) is 1.89. The zero-order chi connectivity index (χ0) is 12.5. The van der Waals surface area contributed by atoms with Gasteiger partial charge in [0, 0.05) is 31.5 Å². The molecule has 6 heteroatoms. The minimum atomic E-state index is -0.0125. The second-order valence-corrected chi connectivity index (χ2v) is 4.91. The van der Waals surface area contributed by atoms with Crippen LogP contribution in [0.25, 0.3) is 11.3 Å². The van der Waals surface area contributed by atoms with Gasteiger partial charge in [-0.15, -0.1) is 0 Å². The highest BCUT2D eigenvalue weighted by Gasteiger charge is 2.21. The molecule has 3 rings (SSSR count). The van der Waals surface area contributed by atoms with Crippen molar-refractivity contribution in [1.82, 2.24) is 19.6 Å². The Hall–Kier alpha value is -1.33. The van der Waals surface area contributed by atoms with Crippen LogP contribution < -0.4 is 0 Å². The molecule has 1 unspecified atom stereocenters. The summed E-state index contributed by atoms with van der Waals surface area (Å²) in [5, 5.41) is 9.01.